The highest BCUT2D eigenvalue weighted by molar-refractivity contribution is 6.04. The third kappa shape index (κ3) is 1.71. The van der Waals surface area contributed by atoms with Crippen LogP contribution in [0.2, 0.25) is 0 Å². The summed E-state index contributed by atoms with van der Waals surface area (Å²) in [6, 6.07) is 8.02. The summed E-state index contributed by atoms with van der Waals surface area (Å²) in [5.41, 5.74) is 3.78. The lowest BCUT2D eigenvalue weighted by molar-refractivity contribution is 0.212. The van der Waals surface area contributed by atoms with Crippen molar-refractivity contribution >= 4 is 5.71 Å². The smallest absolute Gasteiger partial charge is 0.106 e. The molecule has 0 aliphatic heterocycles. The number of aryl methyl sites for hydroxylation is 1. The number of oxime groups is 1. The van der Waals surface area contributed by atoms with Crippen molar-refractivity contribution in [2.45, 2.75) is 19.3 Å². The van der Waals surface area contributed by atoms with Crippen LogP contribution in [-0.4, -0.2) is 12.8 Å². The van der Waals surface area contributed by atoms with Gasteiger partial charge >= 0.3 is 0 Å². The van der Waals surface area contributed by atoms with Gasteiger partial charge in [-0.15, -0.1) is 0 Å². The topological polar surface area (TPSA) is 45.4 Å². The van der Waals surface area contributed by atoms with Crippen LogP contribution in [0.25, 0.3) is 0 Å². The van der Waals surface area contributed by atoms with E-state index in [1.165, 1.54) is 12.7 Å². The van der Waals surface area contributed by atoms with Gasteiger partial charge in [0.05, 0.1) is 17.3 Å². The van der Waals surface area contributed by atoms with Crippen LogP contribution in [0.5, 0.6) is 0 Å². The zero-order chi connectivity index (χ0) is 10.7. The van der Waals surface area contributed by atoms with Crippen molar-refractivity contribution in [3.63, 3.8) is 0 Å². The molecule has 0 aromatic heterocycles. The number of nitrogens with zero attached hydrogens (tertiary/aromatic N) is 2. The molecule has 0 fully saturated rings. The van der Waals surface area contributed by atoms with Crippen molar-refractivity contribution in [1.82, 2.24) is 0 Å². The average molecular weight is 200 g/mol. The van der Waals surface area contributed by atoms with Crippen LogP contribution in [0.3, 0.4) is 0 Å². The first kappa shape index (κ1) is 9.72. The van der Waals surface area contributed by atoms with Gasteiger partial charge in [0.1, 0.15) is 7.11 Å². The monoisotopic (exact) mass is 200 g/mol. The van der Waals surface area contributed by atoms with Gasteiger partial charge in [-0.25, -0.2) is 0 Å². The molecule has 0 saturated carbocycles. The Labute approximate surface area is 89.0 Å². The van der Waals surface area contributed by atoms with Gasteiger partial charge in [0, 0.05) is 5.56 Å². The maximum absolute atomic E-state index is 9.03. The summed E-state index contributed by atoms with van der Waals surface area (Å²) >= 11 is 0. The predicted molar refractivity (Wildman–Crippen MR) is 57.6 cm³/mol. The first-order valence-corrected chi connectivity index (χ1v) is 4.99. The molecule has 3 nitrogen and oxygen atoms in total. The van der Waals surface area contributed by atoms with Crippen LogP contribution in [0, 0.1) is 11.3 Å². The van der Waals surface area contributed by atoms with Gasteiger partial charge in [0.15, 0.2) is 0 Å². The van der Waals surface area contributed by atoms with Crippen LogP contribution >= 0.6 is 0 Å². The minimum Gasteiger partial charge on any atom is -0.399 e. The van der Waals surface area contributed by atoms with E-state index < -0.39 is 0 Å². The average Bonchev–Trinajstić information content (AvgIpc) is 2.29. The Morgan fingerprint density at radius 2 is 2.27 bits per heavy atom. The molecule has 1 aromatic rings. The van der Waals surface area contributed by atoms with E-state index in [0.717, 1.165) is 30.5 Å². The number of hydrogen-bond acceptors (Lipinski definition) is 3. The summed E-state index contributed by atoms with van der Waals surface area (Å²) in [4.78, 5) is 4.82. The van der Waals surface area contributed by atoms with E-state index in [2.05, 4.69) is 17.3 Å². The quantitative estimate of drug-likeness (QED) is 0.652. The molecular weight excluding hydrogens is 188 g/mol. The van der Waals surface area contributed by atoms with Crippen molar-refractivity contribution in [2.75, 3.05) is 7.11 Å². The predicted octanol–water partition coefficient (Wildman–Crippen LogP) is 2.25. The van der Waals surface area contributed by atoms with E-state index in [4.69, 9.17) is 10.1 Å². The maximum Gasteiger partial charge on any atom is 0.106 e. The summed E-state index contributed by atoms with van der Waals surface area (Å²) < 4.78 is 0. The Morgan fingerprint density at radius 3 is 3.00 bits per heavy atom. The number of hydrogen-bond donors (Lipinski definition) is 0. The molecule has 1 aliphatic rings. The van der Waals surface area contributed by atoms with Crippen LogP contribution < -0.4 is 0 Å². The maximum atomic E-state index is 9.03. The van der Waals surface area contributed by atoms with Crippen LogP contribution in [0.1, 0.15) is 29.5 Å². The fourth-order valence-corrected chi connectivity index (χ4v) is 2.02. The Morgan fingerprint density at radius 1 is 1.40 bits per heavy atom. The van der Waals surface area contributed by atoms with E-state index in [9.17, 15) is 0 Å². The molecule has 0 saturated heterocycles. The molecule has 0 radical (unpaired) electrons. The highest BCUT2D eigenvalue weighted by Crippen LogP contribution is 2.24. The van der Waals surface area contributed by atoms with Gasteiger partial charge < -0.3 is 4.84 Å². The molecule has 0 unspecified atom stereocenters. The molecule has 0 bridgehead atoms. The van der Waals surface area contributed by atoms with Gasteiger partial charge in [-0.3, -0.25) is 0 Å². The lowest BCUT2D eigenvalue weighted by Crippen LogP contribution is -2.14. The zero-order valence-electron chi connectivity index (χ0n) is 8.66. The van der Waals surface area contributed by atoms with Gasteiger partial charge in [-0.1, -0.05) is 17.3 Å². The van der Waals surface area contributed by atoms with Crippen molar-refractivity contribution in [2.24, 2.45) is 5.16 Å². The molecule has 1 aromatic carbocycles. The summed E-state index contributed by atoms with van der Waals surface area (Å²) in [5, 5.41) is 13.0. The molecule has 3 heteroatoms. The van der Waals surface area contributed by atoms with E-state index >= 15 is 0 Å². The molecule has 76 valence electrons. The molecule has 0 amide bonds. The molecule has 0 spiro atoms. The molecule has 0 N–H and O–H groups in total. The summed E-state index contributed by atoms with van der Waals surface area (Å²) in [5.74, 6) is 0. The van der Waals surface area contributed by atoms with E-state index in [1.54, 1.807) is 0 Å². The van der Waals surface area contributed by atoms with Gasteiger partial charge in [-0.05, 0) is 30.9 Å². The highest BCUT2D eigenvalue weighted by atomic mass is 16.6. The SMILES string of the molecule is CO/N=C1/CCCc2cccc(C#N)c21. The van der Waals surface area contributed by atoms with E-state index in [1.807, 2.05) is 12.1 Å². The second-order valence-electron chi connectivity index (χ2n) is 3.53. The minimum absolute atomic E-state index is 0.697. The van der Waals surface area contributed by atoms with E-state index in [0.29, 0.717) is 5.56 Å². The fourth-order valence-electron chi connectivity index (χ4n) is 2.02. The van der Waals surface area contributed by atoms with Gasteiger partial charge in [0.25, 0.3) is 0 Å². The van der Waals surface area contributed by atoms with Crippen LogP contribution in [0.4, 0.5) is 0 Å². The van der Waals surface area contributed by atoms with Crippen molar-refractivity contribution in [1.29, 1.82) is 5.26 Å². The van der Waals surface area contributed by atoms with E-state index in [-0.39, 0.29) is 0 Å². The molecule has 15 heavy (non-hydrogen) atoms. The van der Waals surface area contributed by atoms with Gasteiger partial charge in [0.2, 0.25) is 0 Å². The normalized spacial score (nSPS) is 16.9. The third-order valence-corrected chi connectivity index (χ3v) is 2.62. The second-order valence-corrected chi connectivity index (χ2v) is 3.53. The lowest BCUT2D eigenvalue weighted by Gasteiger charge is -2.17. The number of rotatable bonds is 1. The Kier molecular flexibility index (Phi) is 2.68. The molecule has 2 rings (SSSR count). The molecule has 1 aliphatic carbocycles. The first-order valence-electron chi connectivity index (χ1n) is 4.99. The molecular formula is C12H12N2O. The van der Waals surface area contributed by atoms with Crippen LogP contribution in [-0.2, 0) is 11.3 Å². The largest absolute Gasteiger partial charge is 0.399 e. The second kappa shape index (κ2) is 4.14. The summed E-state index contributed by atoms with van der Waals surface area (Å²) in [6.45, 7) is 0. The Bertz CT molecular complexity index is 443. The fraction of sp³-hybridized carbons (Fsp3) is 0.333. The van der Waals surface area contributed by atoms with Gasteiger partial charge in [-0.2, -0.15) is 5.26 Å². The number of benzene rings is 1. The molecule has 0 atom stereocenters. The first-order chi connectivity index (χ1) is 7.36. The molecule has 0 heterocycles. The third-order valence-electron chi connectivity index (χ3n) is 2.62. The summed E-state index contributed by atoms with van der Waals surface area (Å²) in [7, 11) is 1.54. The lowest BCUT2D eigenvalue weighted by atomic mass is 9.87. The van der Waals surface area contributed by atoms with Crippen molar-refractivity contribution in [3.05, 3.63) is 34.9 Å². The van der Waals surface area contributed by atoms with Crippen molar-refractivity contribution < 1.29 is 4.84 Å². The standard InChI is InChI=1S/C12H12N2O/c1-15-14-11-7-3-5-9-4-2-6-10(8-13)12(9)11/h2,4,6H,3,5,7H2,1H3/b14-11-. The minimum atomic E-state index is 0.697. The summed E-state index contributed by atoms with van der Waals surface area (Å²) in [6.07, 6.45) is 2.98. The number of nitriles is 1. The number of fused-ring (bicyclic) bond motifs is 1. The Hall–Kier alpha value is -1.82. The highest BCUT2D eigenvalue weighted by Gasteiger charge is 2.19. The van der Waals surface area contributed by atoms with Crippen molar-refractivity contribution in [3.8, 4) is 6.07 Å². The zero-order valence-corrected chi connectivity index (χ0v) is 8.66. The van der Waals surface area contributed by atoms with Crippen LogP contribution in [0.15, 0.2) is 23.4 Å². The Balaban J connectivity index is 2.59.